The van der Waals surface area contributed by atoms with Crippen LogP contribution in [0.3, 0.4) is 0 Å². The van der Waals surface area contributed by atoms with Crippen molar-refractivity contribution in [1.82, 2.24) is 0 Å². The molecule has 0 saturated carbocycles. The summed E-state index contributed by atoms with van der Waals surface area (Å²) in [5.41, 5.74) is 0. The van der Waals surface area contributed by atoms with E-state index < -0.39 is 20.4 Å². The summed E-state index contributed by atoms with van der Waals surface area (Å²) in [6.07, 6.45) is 7.96. The lowest BCUT2D eigenvalue weighted by Crippen LogP contribution is -2.14. The van der Waals surface area contributed by atoms with E-state index in [2.05, 4.69) is 13.8 Å². The van der Waals surface area contributed by atoms with Crippen LogP contribution in [0.5, 0.6) is 0 Å². The van der Waals surface area contributed by atoms with E-state index in [1.165, 1.54) is 0 Å². The second-order valence-corrected chi connectivity index (χ2v) is 8.12. The van der Waals surface area contributed by atoms with Gasteiger partial charge in [0.1, 0.15) is 0 Å². The summed E-state index contributed by atoms with van der Waals surface area (Å²) in [6.45, 7) is 7.86. The van der Waals surface area contributed by atoms with Gasteiger partial charge in [-0.15, -0.1) is 9.35 Å². The molecule has 0 aliphatic rings. The van der Waals surface area contributed by atoms with Crippen molar-refractivity contribution in [3.63, 3.8) is 0 Å². The highest BCUT2D eigenvalue weighted by atomic mass is 31.2. The molecule has 2 unspecified atom stereocenters. The summed E-state index contributed by atoms with van der Waals surface area (Å²) < 4.78 is 26.9. The molecule has 0 spiro atoms. The van der Waals surface area contributed by atoms with Crippen molar-refractivity contribution in [1.29, 1.82) is 0 Å². The third-order valence-corrected chi connectivity index (χ3v) is 5.35. The molecule has 0 aromatic carbocycles. The normalized spacial score (nSPS) is 16.0. The van der Waals surface area contributed by atoms with E-state index in [1.807, 2.05) is 13.8 Å². The maximum absolute atomic E-state index is 12.5. The zero-order chi connectivity index (χ0) is 20.5. The van der Waals surface area contributed by atoms with Gasteiger partial charge in [-0.05, 0) is 24.7 Å². The smallest absolute Gasteiger partial charge is 0.480 e. The van der Waals surface area contributed by atoms with Crippen LogP contribution in [0.25, 0.3) is 0 Å². The first-order chi connectivity index (χ1) is 12.9. The van der Waals surface area contributed by atoms with Crippen molar-refractivity contribution in [2.75, 3.05) is 19.8 Å². The van der Waals surface area contributed by atoms with E-state index in [1.54, 1.807) is 0 Å². The first kappa shape index (κ1) is 26.5. The van der Waals surface area contributed by atoms with E-state index in [4.69, 9.17) is 28.8 Å². The molecular weight excluding hydrogens is 375 g/mol. The van der Waals surface area contributed by atoms with Gasteiger partial charge in [-0.2, -0.15) is 0 Å². The van der Waals surface area contributed by atoms with Crippen molar-refractivity contribution in [2.45, 2.75) is 79.1 Å². The van der Waals surface area contributed by atoms with Gasteiger partial charge >= 0.3 is 13.8 Å². The SMILES string of the molecule is CCCCC(CC)COOP(=O)(OCC(=O)O)OOCC(CC)CCCC. The number of rotatable bonds is 19. The van der Waals surface area contributed by atoms with Gasteiger partial charge in [0.05, 0.1) is 13.2 Å². The average Bonchev–Trinajstić information content (AvgIpc) is 2.65. The van der Waals surface area contributed by atoms with E-state index >= 15 is 0 Å². The number of hydrogen-bond donors (Lipinski definition) is 1. The molecule has 0 fully saturated rings. The standard InChI is InChI=1S/C18H37O8P/c1-5-9-11-16(7-3)13-22-25-27(21,24-15-18(19)20)26-23-14-17(8-4)12-10-6-2/h16-17H,5-15H2,1-4H3,(H,19,20). The maximum Gasteiger partial charge on any atom is 0.529 e. The minimum atomic E-state index is -4.28. The first-order valence-electron chi connectivity index (χ1n) is 9.99. The van der Waals surface area contributed by atoms with E-state index in [0.29, 0.717) is 0 Å². The van der Waals surface area contributed by atoms with Crippen LogP contribution < -0.4 is 0 Å². The summed E-state index contributed by atoms with van der Waals surface area (Å²) in [7, 11) is -4.28. The molecule has 2 atom stereocenters. The van der Waals surface area contributed by atoms with Gasteiger partial charge in [0.15, 0.2) is 6.61 Å². The van der Waals surface area contributed by atoms with Crippen molar-refractivity contribution in [2.24, 2.45) is 11.8 Å². The number of unbranched alkanes of at least 4 members (excludes halogenated alkanes) is 2. The largest absolute Gasteiger partial charge is 0.529 e. The van der Waals surface area contributed by atoms with Gasteiger partial charge in [-0.25, -0.2) is 19.1 Å². The summed E-state index contributed by atoms with van der Waals surface area (Å²) in [5.74, 6) is -0.805. The Hall–Kier alpha value is -0.500. The Labute approximate surface area is 163 Å². The number of carboxylic acids is 1. The third-order valence-electron chi connectivity index (χ3n) is 4.33. The number of carboxylic acid groups (broad SMARTS) is 1. The topological polar surface area (TPSA) is 101 Å². The van der Waals surface area contributed by atoms with Gasteiger partial charge in [0.2, 0.25) is 0 Å². The number of carbonyl (C=O) groups is 1. The molecular formula is C18H37O8P. The van der Waals surface area contributed by atoms with E-state index in [9.17, 15) is 9.36 Å². The Balaban J connectivity index is 4.51. The second-order valence-electron chi connectivity index (χ2n) is 6.67. The fourth-order valence-electron chi connectivity index (χ4n) is 2.37. The number of hydrogen-bond acceptors (Lipinski definition) is 7. The van der Waals surface area contributed by atoms with E-state index in [-0.39, 0.29) is 25.0 Å². The highest BCUT2D eigenvalue weighted by molar-refractivity contribution is 7.48. The average molecular weight is 412 g/mol. The maximum atomic E-state index is 12.5. The van der Waals surface area contributed by atoms with Gasteiger partial charge in [-0.1, -0.05) is 66.2 Å². The molecule has 0 aromatic heterocycles. The zero-order valence-electron chi connectivity index (χ0n) is 17.2. The Bertz CT molecular complexity index is 392. The van der Waals surface area contributed by atoms with Gasteiger partial charge in [0.25, 0.3) is 0 Å². The van der Waals surface area contributed by atoms with Crippen molar-refractivity contribution in [3.05, 3.63) is 0 Å². The Morgan fingerprint density at radius 3 is 1.67 bits per heavy atom. The lowest BCUT2D eigenvalue weighted by Gasteiger charge is -2.19. The fourth-order valence-corrected chi connectivity index (χ4v) is 3.13. The summed E-state index contributed by atoms with van der Waals surface area (Å²) in [6, 6.07) is 0. The molecule has 1 N–H and O–H groups in total. The highest BCUT2D eigenvalue weighted by Gasteiger charge is 2.32. The molecule has 0 saturated heterocycles. The molecule has 0 aliphatic heterocycles. The van der Waals surface area contributed by atoms with Crippen LogP contribution in [-0.2, 0) is 33.0 Å². The minimum absolute atomic E-state index is 0.217. The van der Waals surface area contributed by atoms with Crippen LogP contribution in [0.1, 0.15) is 79.1 Å². The predicted octanol–water partition coefficient (Wildman–Crippen LogP) is 5.52. The molecule has 9 heteroatoms. The van der Waals surface area contributed by atoms with E-state index in [0.717, 1.165) is 51.4 Å². The zero-order valence-corrected chi connectivity index (χ0v) is 18.1. The van der Waals surface area contributed by atoms with Crippen LogP contribution in [0.2, 0.25) is 0 Å². The number of phosphoric acid groups is 1. The fraction of sp³-hybridized carbons (Fsp3) is 0.944. The molecule has 0 rings (SSSR count). The first-order valence-corrected chi connectivity index (χ1v) is 11.4. The Kier molecular flexibility index (Phi) is 16.1. The minimum Gasteiger partial charge on any atom is -0.480 e. The molecule has 8 nitrogen and oxygen atoms in total. The molecule has 0 radical (unpaired) electrons. The number of aliphatic carboxylic acids is 1. The van der Waals surface area contributed by atoms with Gasteiger partial charge < -0.3 is 5.11 Å². The van der Waals surface area contributed by atoms with Crippen molar-refractivity contribution >= 4 is 13.8 Å². The van der Waals surface area contributed by atoms with Gasteiger partial charge in [-0.3, -0.25) is 4.52 Å². The van der Waals surface area contributed by atoms with Gasteiger partial charge in [0, 0.05) is 0 Å². The lowest BCUT2D eigenvalue weighted by molar-refractivity contribution is -0.289. The molecule has 0 heterocycles. The monoisotopic (exact) mass is 412 g/mol. The molecule has 162 valence electrons. The lowest BCUT2D eigenvalue weighted by atomic mass is 10.0. The summed E-state index contributed by atoms with van der Waals surface area (Å²) in [5, 5.41) is 8.74. The molecule has 0 aliphatic carbocycles. The summed E-state index contributed by atoms with van der Waals surface area (Å²) >= 11 is 0. The quantitative estimate of drug-likeness (QED) is 0.168. The van der Waals surface area contributed by atoms with Crippen LogP contribution in [0.15, 0.2) is 0 Å². The molecule has 0 aromatic rings. The molecule has 27 heavy (non-hydrogen) atoms. The third kappa shape index (κ3) is 14.2. The van der Waals surface area contributed by atoms with Crippen molar-refractivity contribution in [3.8, 4) is 0 Å². The predicted molar refractivity (Wildman–Crippen MR) is 102 cm³/mol. The molecule has 0 amide bonds. The van der Waals surface area contributed by atoms with Crippen LogP contribution >= 0.6 is 7.82 Å². The van der Waals surface area contributed by atoms with Crippen LogP contribution in [-0.4, -0.2) is 30.9 Å². The van der Waals surface area contributed by atoms with Crippen LogP contribution in [0.4, 0.5) is 0 Å². The molecule has 0 bridgehead atoms. The Morgan fingerprint density at radius 2 is 1.33 bits per heavy atom. The second kappa shape index (κ2) is 16.5. The van der Waals surface area contributed by atoms with Crippen molar-refractivity contribution < 1.29 is 38.1 Å². The summed E-state index contributed by atoms with van der Waals surface area (Å²) in [4.78, 5) is 20.8. The Morgan fingerprint density at radius 1 is 0.889 bits per heavy atom. The highest BCUT2D eigenvalue weighted by Crippen LogP contribution is 2.50. The van der Waals surface area contributed by atoms with Crippen LogP contribution in [0, 0.1) is 11.8 Å².